The summed E-state index contributed by atoms with van der Waals surface area (Å²) in [6.07, 6.45) is 3.32. The third-order valence-corrected chi connectivity index (χ3v) is 1.90. The highest BCUT2D eigenvalue weighted by atomic mass is 16.3. The first-order valence-corrected chi connectivity index (χ1v) is 4.15. The molecular formula is C9H14N2O2. The smallest absolute Gasteiger partial charge is 0.0703 e. The number of aliphatic hydroxyl groups excluding tert-OH is 2. The molecule has 4 nitrogen and oxygen atoms in total. The van der Waals surface area contributed by atoms with Gasteiger partial charge in [-0.25, -0.2) is 0 Å². The average Bonchev–Trinajstić information content (AvgIpc) is 2.18. The maximum Gasteiger partial charge on any atom is 0.0703 e. The van der Waals surface area contributed by atoms with Crippen molar-refractivity contribution in [2.75, 3.05) is 25.1 Å². The predicted octanol–water partition coefficient (Wildman–Crippen LogP) is 0.00240. The summed E-state index contributed by atoms with van der Waals surface area (Å²) in [5, 5.41) is 17.8. The highest BCUT2D eigenvalue weighted by Gasteiger charge is 2.05. The van der Waals surface area contributed by atoms with Gasteiger partial charge in [-0.1, -0.05) is 0 Å². The van der Waals surface area contributed by atoms with Crippen LogP contribution < -0.4 is 4.90 Å². The van der Waals surface area contributed by atoms with E-state index in [9.17, 15) is 0 Å². The van der Waals surface area contributed by atoms with Gasteiger partial charge in [0.15, 0.2) is 0 Å². The second kappa shape index (κ2) is 4.79. The second-order valence-corrected chi connectivity index (χ2v) is 2.81. The minimum absolute atomic E-state index is 0.00633. The molecule has 0 aliphatic heterocycles. The van der Waals surface area contributed by atoms with Gasteiger partial charge in [-0.15, -0.1) is 0 Å². The fourth-order valence-electron chi connectivity index (χ4n) is 1.16. The van der Waals surface area contributed by atoms with Crippen molar-refractivity contribution in [3.63, 3.8) is 0 Å². The Labute approximate surface area is 77.5 Å². The van der Waals surface area contributed by atoms with E-state index in [1.54, 1.807) is 18.5 Å². The van der Waals surface area contributed by atoms with Crippen LogP contribution in [0.25, 0.3) is 0 Å². The summed E-state index contributed by atoms with van der Waals surface area (Å²) in [6, 6.07) is 1.77. The van der Waals surface area contributed by atoms with Crippen molar-refractivity contribution in [1.29, 1.82) is 0 Å². The molecule has 4 heteroatoms. The summed E-state index contributed by atoms with van der Waals surface area (Å²) in [7, 11) is 1.85. The lowest BCUT2D eigenvalue weighted by molar-refractivity contribution is 0.281. The molecule has 0 aromatic carbocycles. The number of likely N-dealkylation sites (N-methyl/N-ethyl adjacent to an activating group) is 1. The van der Waals surface area contributed by atoms with Crippen LogP contribution in [0.15, 0.2) is 18.5 Å². The van der Waals surface area contributed by atoms with Gasteiger partial charge in [0.1, 0.15) is 0 Å². The molecule has 1 aromatic rings. The molecule has 0 saturated carbocycles. The molecule has 13 heavy (non-hydrogen) atoms. The summed E-state index contributed by atoms with van der Waals surface area (Å²) in [5.41, 5.74) is 1.69. The first kappa shape index (κ1) is 9.95. The van der Waals surface area contributed by atoms with Gasteiger partial charge in [0.2, 0.25) is 0 Å². The zero-order valence-corrected chi connectivity index (χ0v) is 7.64. The number of aliphatic hydroxyl groups is 2. The molecule has 0 radical (unpaired) electrons. The van der Waals surface area contributed by atoms with Gasteiger partial charge in [-0.2, -0.15) is 0 Å². The van der Waals surface area contributed by atoms with Gasteiger partial charge in [-0.05, 0) is 6.07 Å². The topological polar surface area (TPSA) is 56.6 Å². The Bertz CT molecular complexity index is 266. The quantitative estimate of drug-likeness (QED) is 0.688. The third kappa shape index (κ3) is 2.40. The van der Waals surface area contributed by atoms with Gasteiger partial charge in [0.05, 0.1) is 25.1 Å². The number of aromatic nitrogens is 1. The molecule has 1 heterocycles. The first-order valence-electron chi connectivity index (χ1n) is 4.15. The summed E-state index contributed by atoms with van der Waals surface area (Å²) in [5.74, 6) is 0. The molecule has 0 bridgehead atoms. The Morgan fingerprint density at radius 3 is 2.85 bits per heavy atom. The van der Waals surface area contributed by atoms with Gasteiger partial charge >= 0.3 is 0 Å². The predicted molar refractivity (Wildman–Crippen MR) is 50.5 cm³/mol. The Morgan fingerprint density at radius 1 is 1.46 bits per heavy atom. The number of nitrogens with zero attached hydrogens (tertiary/aromatic N) is 2. The molecule has 0 saturated heterocycles. The number of rotatable bonds is 4. The monoisotopic (exact) mass is 182 g/mol. The van der Waals surface area contributed by atoms with E-state index in [-0.39, 0.29) is 13.2 Å². The number of anilines is 1. The summed E-state index contributed by atoms with van der Waals surface area (Å²) < 4.78 is 0. The van der Waals surface area contributed by atoms with Gasteiger partial charge in [0.25, 0.3) is 0 Å². The summed E-state index contributed by atoms with van der Waals surface area (Å²) >= 11 is 0. The van der Waals surface area contributed by atoms with Crippen molar-refractivity contribution in [3.05, 3.63) is 24.0 Å². The number of hydrogen-bond donors (Lipinski definition) is 2. The molecule has 0 amide bonds. The third-order valence-electron chi connectivity index (χ3n) is 1.90. The van der Waals surface area contributed by atoms with E-state index in [1.807, 2.05) is 11.9 Å². The second-order valence-electron chi connectivity index (χ2n) is 2.81. The minimum atomic E-state index is -0.00633. The minimum Gasteiger partial charge on any atom is -0.395 e. The van der Waals surface area contributed by atoms with E-state index >= 15 is 0 Å². The molecule has 72 valence electrons. The first-order chi connectivity index (χ1) is 6.29. The fraction of sp³-hybridized carbons (Fsp3) is 0.444. The maximum absolute atomic E-state index is 9.02. The van der Waals surface area contributed by atoms with Crippen molar-refractivity contribution in [2.45, 2.75) is 6.61 Å². The van der Waals surface area contributed by atoms with E-state index in [1.165, 1.54) is 0 Å². The van der Waals surface area contributed by atoms with Crippen molar-refractivity contribution in [1.82, 2.24) is 4.98 Å². The Kier molecular flexibility index (Phi) is 3.67. The van der Waals surface area contributed by atoms with Crippen LogP contribution in [0.3, 0.4) is 0 Å². The fourth-order valence-corrected chi connectivity index (χ4v) is 1.16. The highest BCUT2D eigenvalue weighted by Crippen LogP contribution is 2.16. The lowest BCUT2D eigenvalue weighted by Crippen LogP contribution is -2.22. The van der Waals surface area contributed by atoms with E-state index in [0.29, 0.717) is 6.54 Å². The van der Waals surface area contributed by atoms with Crippen LogP contribution >= 0.6 is 0 Å². The van der Waals surface area contributed by atoms with Crippen molar-refractivity contribution in [2.24, 2.45) is 0 Å². The van der Waals surface area contributed by atoms with Crippen molar-refractivity contribution < 1.29 is 10.2 Å². The molecule has 0 spiro atoms. The molecule has 0 unspecified atom stereocenters. The lowest BCUT2D eigenvalue weighted by atomic mass is 10.2. The zero-order valence-electron chi connectivity index (χ0n) is 7.64. The zero-order chi connectivity index (χ0) is 9.68. The van der Waals surface area contributed by atoms with Crippen LogP contribution in [0, 0.1) is 0 Å². The number of pyridine rings is 1. The summed E-state index contributed by atoms with van der Waals surface area (Å²) in [4.78, 5) is 5.82. The highest BCUT2D eigenvalue weighted by molar-refractivity contribution is 5.50. The van der Waals surface area contributed by atoms with Crippen LogP contribution in [-0.2, 0) is 6.61 Å². The van der Waals surface area contributed by atoms with E-state index in [4.69, 9.17) is 10.2 Å². The molecule has 1 rings (SSSR count). The van der Waals surface area contributed by atoms with E-state index in [2.05, 4.69) is 4.98 Å². The SMILES string of the molecule is CN(CCO)c1cnccc1CO. The van der Waals surface area contributed by atoms with Crippen LogP contribution in [0.4, 0.5) is 5.69 Å². The van der Waals surface area contributed by atoms with E-state index < -0.39 is 0 Å². The molecule has 0 atom stereocenters. The van der Waals surface area contributed by atoms with Crippen molar-refractivity contribution in [3.8, 4) is 0 Å². The summed E-state index contributed by atoms with van der Waals surface area (Å²) in [6.45, 7) is 0.628. The van der Waals surface area contributed by atoms with Gasteiger partial charge < -0.3 is 15.1 Å². The maximum atomic E-state index is 9.02. The van der Waals surface area contributed by atoms with Crippen molar-refractivity contribution >= 4 is 5.69 Å². The molecule has 0 fully saturated rings. The molecule has 0 aliphatic carbocycles. The molecule has 0 aliphatic rings. The van der Waals surface area contributed by atoms with Crippen LogP contribution in [-0.4, -0.2) is 35.4 Å². The largest absolute Gasteiger partial charge is 0.395 e. The average molecular weight is 182 g/mol. The Morgan fingerprint density at radius 2 is 2.23 bits per heavy atom. The standard InChI is InChI=1S/C9H14N2O2/c1-11(4-5-12)9-6-10-3-2-8(9)7-13/h2-3,6,12-13H,4-5,7H2,1H3. The van der Waals surface area contributed by atoms with E-state index in [0.717, 1.165) is 11.3 Å². The lowest BCUT2D eigenvalue weighted by Gasteiger charge is -2.19. The molecular weight excluding hydrogens is 168 g/mol. The molecule has 2 N–H and O–H groups in total. The van der Waals surface area contributed by atoms with Crippen LogP contribution in [0.2, 0.25) is 0 Å². The Balaban J connectivity index is 2.85. The number of hydrogen-bond acceptors (Lipinski definition) is 4. The van der Waals surface area contributed by atoms with Crippen LogP contribution in [0.5, 0.6) is 0 Å². The Hall–Kier alpha value is -1.13. The van der Waals surface area contributed by atoms with Gasteiger partial charge in [0, 0.05) is 25.4 Å². The normalized spacial score (nSPS) is 10.1. The van der Waals surface area contributed by atoms with Crippen LogP contribution in [0.1, 0.15) is 5.56 Å². The van der Waals surface area contributed by atoms with Gasteiger partial charge in [-0.3, -0.25) is 4.98 Å². The molecule has 1 aromatic heterocycles.